The summed E-state index contributed by atoms with van der Waals surface area (Å²) in [5.41, 5.74) is -0.154. The molecular weight excluding hydrogens is 518 g/mol. The van der Waals surface area contributed by atoms with Crippen molar-refractivity contribution in [3.05, 3.63) is 76.0 Å². The summed E-state index contributed by atoms with van der Waals surface area (Å²) in [4.78, 5) is 46.5. The minimum atomic E-state index is -4.23. The van der Waals surface area contributed by atoms with Crippen molar-refractivity contribution in [3.63, 3.8) is 0 Å². The highest BCUT2D eigenvalue weighted by Crippen LogP contribution is 2.20. The van der Waals surface area contributed by atoms with Crippen molar-refractivity contribution < 1.29 is 36.6 Å². The molecule has 2 aromatic rings. The number of nitrogens with zero attached hydrogens (tertiary/aromatic N) is 1. The lowest BCUT2D eigenvalue weighted by Crippen LogP contribution is -2.50. The minimum absolute atomic E-state index is 0.00878. The highest BCUT2D eigenvalue weighted by molar-refractivity contribution is 7.87. The van der Waals surface area contributed by atoms with E-state index in [9.17, 15) is 32.9 Å². The second-order valence-corrected chi connectivity index (χ2v) is 10.7. The van der Waals surface area contributed by atoms with Crippen LogP contribution in [0.15, 0.2) is 59.6 Å². The largest absolute Gasteiger partial charge is 0.458 e. The van der Waals surface area contributed by atoms with Crippen LogP contribution in [0.25, 0.3) is 6.08 Å². The summed E-state index contributed by atoms with van der Waals surface area (Å²) in [6.07, 6.45) is 2.00. The molecule has 0 fully saturated rings. The Hall–Kier alpha value is -4.26. The van der Waals surface area contributed by atoms with E-state index < -0.39 is 50.5 Å². The van der Waals surface area contributed by atoms with E-state index in [1.807, 2.05) is 0 Å². The van der Waals surface area contributed by atoms with E-state index in [1.54, 1.807) is 20.8 Å². The average molecular weight is 548 g/mol. The molecule has 0 radical (unpaired) electrons. The zero-order chi connectivity index (χ0) is 28.7. The Bertz CT molecular complexity index is 1310. The van der Waals surface area contributed by atoms with Crippen LogP contribution < -0.4 is 14.8 Å². The third kappa shape index (κ3) is 9.32. The zero-order valence-electron chi connectivity index (χ0n) is 21.5. The smallest absolute Gasteiger partial charge is 0.339 e. The van der Waals surface area contributed by atoms with Gasteiger partial charge in [0.25, 0.3) is 5.91 Å². The Morgan fingerprint density at radius 3 is 2.05 bits per heavy atom. The molecule has 0 saturated heterocycles. The molecule has 2 N–H and O–H groups in total. The topological polar surface area (TPSA) is 171 Å². The first kappa shape index (κ1) is 30.0. The molecule has 204 valence electrons. The van der Waals surface area contributed by atoms with Crippen LogP contribution >= 0.6 is 0 Å². The number of benzene rings is 2. The second kappa shape index (κ2) is 12.3. The van der Waals surface area contributed by atoms with Gasteiger partial charge in [-0.15, -0.1) is 0 Å². The van der Waals surface area contributed by atoms with Crippen LogP contribution in [0.2, 0.25) is 0 Å². The third-order valence-corrected chi connectivity index (χ3v) is 6.00. The molecule has 2 rings (SSSR count). The van der Waals surface area contributed by atoms with Crippen LogP contribution in [0, 0.1) is 10.1 Å². The Morgan fingerprint density at radius 2 is 1.53 bits per heavy atom. The number of hydrogen-bond acceptors (Lipinski definition) is 9. The van der Waals surface area contributed by atoms with E-state index in [1.165, 1.54) is 68.5 Å². The van der Waals surface area contributed by atoms with Crippen molar-refractivity contribution in [1.29, 1.82) is 0 Å². The summed E-state index contributed by atoms with van der Waals surface area (Å²) >= 11 is 0. The average Bonchev–Trinajstić information content (AvgIpc) is 2.82. The second-order valence-electron chi connectivity index (χ2n) is 9.19. The van der Waals surface area contributed by atoms with E-state index in [4.69, 9.17) is 8.92 Å². The lowest BCUT2D eigenvalue weighted by molar-refractivity contribution is -0.400. The molecule has 2 amide bonds. The minimum Gasteiger partial charge on any atom is -0.458 e. The maximum Gasteiger partial charge on any atom is 0.339 e. The molecule has 13 heteroatoms. The number of nitro groups is 1. The summed E-state index contributed by atoms with van der Waals surface area (Å²) in [6.45, 7) is 7.99. The fourth-order valence-corrected chi connectivity index (χ4v) is 3.79. The van der Waals surface area contributed by atoms with Gasteiger partial charge in [-0.1, -0.05) is 12.1 Å². The predicted molar refractivity (Wildman–Crippen MR) is 137 cm³/mol. The van der Waals surface area contributed by atoms with Crippen molar-refractivity contribution in [2.75, 3.05) is 0 Å². The summed E-state index contributed by atoms with van der Waals surface area (Å²) in [6, 6.07) is 8.51. The van der Waals surface area contributed by atoms with Crippen LogP contribution in [0.3, 0.4) is 0 Å². The van der Waals surface area contributed by atoms with Gasteiger partial charge in [0, 0.05) is 11.6 Å². The molecule has 0 saturated carbocycles. The van der Waals surface area contributed by atoms with E-state index >= 15 is 0 Å². The van der Waals surface area contributed by atoms with Gasteiger partial charge in [0.1, 0.15) is 28.3 Å². The standard InChI is InChI=1S/C25H29N3O9S/c1-16(22(29)27-17(2)24(31)36-25(3,4)5)26-23(30)19-8-12-21(13-9-19)38(34,35)37-20-10-6-18(7-11-20)14-15-28(32)33/h6-17H,1-5H3,(H,26,30)(H,27,29)/b15-14+/t16-,17-/m0/s1. The van der Waals surface area contributed by atoms with Gasteiger partial charge >= 0.3 is 16.1 Å². The number of esters is 1. The Labute approximate surface area is 220 Å². The molecule has 0 aliphatic rings. The third-order valence-electron chi connectivity index (χ3n) is 4.74. The van der Waals surface area contributed by atoms with E-state index in [0.717, 1.165) is 6.20 Å². The maximum absolute atomic E-state index is 12.6. The number of carbonyl (C=O) groups excluding carboxylic acids is 3. The summed E-state index contributed by atoms with van der Waals surface area (Å²) in [7, 11) is -4.23. The fourth-order valence-electron chi connectivity index (χ4n) is 2.86. The van der Waals surface area contributed by atoms with Crippen LogP contribution in [-0.2, 0) is 24.4 Å². The van der Waals surface area contributed by atoms with Gasteiger partial charge in [-0.2, -0.15) is 8.42 Å². The summed E-state index contributed by atoms with van der Waals surface area (Å²) < 4.78 is 35.4. The number of rotatable bonds is 10. The van der Waals surface area contributed by atoms with Crippen LogP contribution in [0.5, 0.6) is 5.75 Å². The van der Waals surface area contributed by atoms with Crippen molar-refractivity contribution in [1.82, 2.24) is 10.6 Å². The zero-order valence-corrected chi connectivity index (χ0v) is 22.3. The number of ether oxygens (including phenoxy) is 1. The summed E-state index contributed by atoms with van der Waals surface area (Å²) in [5, 5.41) is 15.3. The van der Waals surface area contributed by atoms with Crippen molar-refractivity contribution in [2.24, 2.45) is 0 Å². The Kier molecular flexibility index (Phi) is 9.72. The molecule has 2 aromatic carbocycles. The first-order valence-corrected chi connectivity index (χ1v) is 12.8. The van der Waals surface area contributed by atoms with Crippen LogP contribution in [0.4, 0.5) is 0 Å². The van der Waals surface area contributed by atoms with Crippen molar-refractivity contribution in [2.45, 2.75) is 57.2 Å². The quantitative estimate of drug-likeness (QED) is 0.196. The van der Waals surface area contributed by atoms with Gasteiger partial charge in [0.2, 0.25) is 12.1 Å². The van der Waals surface area contributed by atoms with Gasteiger partial charge in [0.15, 0.2) is 0 Å². The fraction of sp³-hybridized carbons (Fsp3) is 0.320. The van der Waals surface area contributed by atoms with Crippen molar-refractivity contribution in [3.8, 4) is 5.75 Å². The first-order valence-electron chi connectivity index (χ1n) is 11.4. The van der Waals surface area contributed by atoms with Crippen molar-refractivity contribution >= 4 is 34.0 Å². The number of nitrogens with one attached hydrogen (secondary N) is 2. The molecule has 0 aromatic heterocycles. The number of hydrogen-bond donors (Lipinski definition) is 2. The molecule has 0 spiro atoms. The van der Waals surface area contributed by atoms with Crippen LogP contribution in [-0.4, -0.2) is 48.8 Å². The Balaban J connectivity index is 1.98. The SMILES string of the molecule is C[C@H](NC(=O)c1ccc(S(=O)(=O)Oc2ccc(/C=C/[N+](=O)[O-])cc2)cc1)C(=O)N[C@@H](C)C(=O)OC(C)(C)C. The number of carbonyl (C=O) groups is 3. The van der Waals surface area contributed by atoms with Gasteiger partial charge in [-0.05, 0) is 76.6 Å². The van der Waals surface area contributed by atoms with Gasteiger partial charge in [-0.25, -0.2) is 4.79 Å². The van der Waals surface area contributed by atoms with E-state index in [-0.39, 0.29) is 16.2 Å². The predicted octanol–water partition coefficient (Wildman–Crippen LogP) is 2.67. The lowest BCUT2D eigenvalue weighted by Gasteiger charge is -2.23. The molecule has 12 nitrogen and oxygen atoms in total. The lowest BCUT2D eigenvalue weighted by atomic mass is 10.2. The molecule has 0 heterocycles. The van der Waals surface area contributed by atoms with E-state index in [0.29, 0.717) is 5.56 Å². The highest BCUT2D eigenvalue weighted by atomic mass is 32.2. The van der Waals surface area contributed by atoms with E-state index in [2.05, 4.69) is 10.6 Å². The molecular formula is C25H29N3O9S. The normalized spacial score (nSPS) is 13.3. The van der Waals surface area contributed by atoms with Crippen LogP contribution in [0.1, 0.15) is 50.5 Å². The maximum atomic E-state index is 12.6. The van der Waals surface area contributed by atoms with Gasteiger partial charge in [-0.3, -0.25) is 19.7 Å². The highest BCUT2D eigenvalue weighted by Gasteiger charge is 2.26. The summed E-state index contributed by atoms with van der Waals surface area (Å²) in [5.74, 6) is -1.87. The molecule has 38 heavy (non-hydrogen) atoms. The monoisotopic (exact) mass is 547 g/mol. The molecule has 0 bridgehead atoms. The molecule has 0 aliphatic heterocycles. The Morgan fingerprint density at radius 1 is 0.947 bits per heavy atom. The van der Waals surface area contributed by atoms with Gasteiger partial charge in [0.05, 0.1) is 4.92 Å². The van der Waals surface area contributed by atoms with Gasteiger partial charge < -0.3 is 19.6 Å². The molecule has 2 atom stereocenters. The number of amides is 2. The molecule has 0 aliphatic carbocycles. The first-order chi connectivity index (χ1) is 17.6. The molecule has 0 unspecified atom stereocenters.